The van der Waals surface area contributed by atoms with Gasteiger partial charge in [-0.25, -0.2) is 0 Å². The number of rotatable bonds is 0. The molecule has 16 heteroatoms. The van der Waals surface area contributed by atoms with E-state index in [2.05, 4.69) is 19.3 Å². The van der Waals surface area contributed by atoms with Gasteiger partial charge in [-0.05, 0) is 0 Å². The van der Waals surface area contributed by atoms with Gasteiger partial charge in [0, 0.05) is 0 Å². The first-order valence-corrected chi connectivity index (χ1v) is 8.76. The molecule has 1 heterocycles. The molecule has 0 saturated carbocycles. The van der Waals surface area contributed by atoms with E-state index >= 15 is 0 Å². The molecule has 0 spiro atoms. The summed E-state index contributed by atoms with van der Waals surface area (Å²) >= 11 is -1.34. The third-order valence-electron chi connectivity index (χ3n) is 0.789. The van der Waals surface area contributed by atoms with Gasteiger partial charge in [0.05, 0.1) is 0 Å². The van der Waals surface area contributed by atoms with Gasteiger partial charge in [-0.15, -0.1) is 0 Å². The molecule has 0 aromatic carbocycles. The standard InChI is InChI=1S/Al.Li.O9Si4.H2O/c;;1-10(2)7-12(5)9-13(6)8-11(3)4;/h;;;1H2/q+2;+1;-2;/p-1. The number of hydrogen-bond acceptors (Lipinski definition) is 10. The van der Waals surface area contributed by atoms with Crippen molar-refractivity contribution in [3.8, 4) is 0 Å². The average Bonchev–Trinajstić information content (AvgIpc) is 2.01. The predicted molar refractivity (Wildman–Crippen MR) is 38.9 cm³/mol. The first-order valence-electron chi connectivity index (χ1n) is 2.92. The molecule has 16 heavy (non-hydrogen) atoms. The van der Waals surface area contributed by atoms with Crippen LogP contribution in [0.5, 0.6) is 0 Å². The van der Waals surface area contributed by atoms with Crippen LogP contribution in [0.15, 0.2) is 0 Å². The predicted octanol–water partition coefficient (Wildman–Crippen LogP) is -5.89. The second-order valence-electron chi connectivity index (χ2n) is 1.64. The van der Waals surface area contributed by atoms with Crippen molar-refractivity contribution in [1.29, 1.82) is 0 Å². The second kappa shape index (κ2) is 9.21. The minimum atomic E-state index is -3.21. The summed E-state index contributed by atoms with van der Waals surface area (Å²) in [5.41, 5.74) is 0. The van der Waals surface area contributed by atoms with Crippen LogP contribution in [0.25, 0.3) is 0 Å². The minimum Gasteiger partial charge on any atom is -0.870 e. The maximum atomic E-state index is 10.7. The van der Waals surface area contributed by atoms with Gasteiger partial charge in [-0.1, -0.05) is 0 Å². The van der Waals surface area contributed by atoms with E-state index in [0.29, 0.717) is 0 Å². The zero-order chi connectivity index (χ0) is 10.6. The van der Waals surface area contributed by atoms with Crippen LogP contribution in [0.1, 0.15) is 0 Å². The molecule has 0 aromatic heterocycles. The van der Waals surface area contributed by atoms with Crippen molar-refractivity contribution in [2.45, 2.75) is 0 Å². The Bertz CT molecular complexity index is 273. The second-order valence-corrected chi connectivity index (χ2v) is 8.17. The minimum absolute atomic E-state index is 0. The average molecular weight is 307 g/mol. The van der Waals surface area contributed by atoms with Crippen molar-refractivity contribution in [2.24, 2.45) is 0 Å². The zero-order valence-electron chi connectivity index (χ0n) is 7.70. The normalized spacial score (nSPS) is 15.5. The van der Waals surface area contributed by atoms with Gasteiger partial charge in [-0.2, -0.15) is 0 Å². The van der Waals surface area contributed by atoms with Gasteiger partial charge < -0.3 is 24.8 Å². The largest absolute Gasteiger partial charge is 1.00 e. The summed E-state index contributed by atoms with van der Waals surface area (Å²) in [4.78, 5) is 0. The van der Waals surface area contributed by atoms with Gasteiger partial charge in [0.15, 0.2) is 0 Å². The summed E-state index contributed by atoms with van der Waals surface area (Å²) in [5.74, 6) is 0. The van der Waals surface area contributed by atoms with Crippen LogP contribution in [-0.4, -0.2) is 58.0 Å². The third-order valence-corrected chi connectivity index (χ3v) is 7.10. The summed E-state index contributed by atoms with van der Waals surface area (Å²) in [7, 11) is -12.5. The van der Waals surface area contributed by atoms with Crippen LogP contribution in [0.4, 0.5) is 0 Å². The number of hydrogen-bond donors (Lipinski definition) is 0. The summed E-state index contributed by atoms with van der Waals surface area (Å²) < 4.78 is 64.2. The fraction of sp³-hybridized carbons (Fsp3) is 0. The molecule has 10 nitrogen and oxygen atoms in total. The zero-order valence-corrected chi connectivity index (χ0v) is 12.9. The third kappa shape index (κ3) is 7.43. The Morgan fingerprint density at radius 1 is 0.688 bits per heavy atom. The Balaban J connectivity index is 0. The summed E-state index contributed by atoms with van der Waals surface area (Å²) in [6, 6.07) is 0. The molecule has 1 aliphatic heterocycles. The van der Waals surface area contributed by atoms with Crippen molar-refractivity contribution < 1.29 is 61.5 Å². The van der Waals surface area contributed by atoms with Crippen LogP contribution >= 0.6 is 0 Å². The molecule has 1 fully saturated rings. The molecular weight excluding hydrogens is 306 g/mol. The quantitative estimate of drug-likeness (QED) is 0.396. The Morgan fingerprint density at radius 2 is 1.00 bits per heavy atom. The molecule has 1 aliphatic rings. The van der Waals surface area contributed by atoms with Crippen molar-refractivity contribution in [3.05, 3.63) is 0 Å². The van der Waals surface area contributed by atoms with Crippen molar-refractivity contribution in [2.75, 3.05) is 0 Å². The van der Waals surface area contributed by atoms with Gasteiger partial charge in [-0.3, -0.25) is 17.8 Å². The van der Waals surface area contributed by atoms with E-state index in [-0.39, 0.29) is 24.3 Å². The topological polar surface area (TPSA) is 144 Å². The van der Waals surface area contributed by atoms with Crippen LogP contribution in [0.3, 0.4) is 0 Å². The van der Waals surface area contributed by atoms with Gasteiger partial charge in [0.2, 0.25) is 0 Å². The molecule has 1 radical (unpaired) electrons. The molecular formula is HAlLiO10Si4. The van der Waals surface area contributed by atoms with E-state index in [0.717, 1.165) is 0 Å². The van der Waals surface area contributed by atoms with E-state index in [1.165, 1.54) is 0 Å². The smallest absolute Gasteiger partial charge is 0.870 e. The van der Waals surface area contributed by atoms with E-state index in [1.54, 1.807) is 0 Å². The van der Waals surface area contributed by atoms with Gasteiger partial charge in [0.1, 0.15) is 0 Å². The van der Waals surface area contributed by atoms with Crippen molar-refractivity contribution >= 4 is 52.6 Å². The van der Waals surface area contributed by atoms with Crippen molar-refractivity contribution in [3.63, 3.8) is 0 Å². The van der Waals surface area contributed by atoms with Crippen LogP contribution < -0.4 is 18.9 Å². The summed E-state index contributed by atoms with van der Waals surface area (Å²) in [6.07, 6.45) is 0. The Kier molecular flexibility index (Phi) is 10.7. The maximum absolute atomic E-state index is 10.7. The molecule has 1 N–H and O–H groups in total. The van der Waals surface area contributed by atoms with E-state index in [4.69, 9.17) is 0 Å². The van der Waals surface area contributed by atoms with Gasteiger partial charge >= 0.3 is 71.4 Å². The van der Waals surface area contributed by atoms with Gasteiger partial charge in [0.25, 0.3) is 0 Å². The fourth-order valence-electron chi connectivity index (χ4n) is 0.397. The molecule has 0 atom stereocenters. The molecule has 0 unspecified atom stereocenters. The molecule has 0 amide bonds. The first-order chi connectivity index (χ1) is 6.58. The first kappa shape index (κ1) is 18.5. The van der Waals surface area contributed by atoms with Crippen LogP contribution in [0, 0.1) is 0 Å². The molecule has 0 aromatic rings. The molecule has 0 bridgehead atoms. The SMILES string of the molecule is O=[Si]1[O][Al][O][Si](=O)O[Si](=O)O[Si](=O)O1.[Li+].[OH-]. The molecule has 0 aliphatic carbocycles. The molecule has 1 rings (SSSR count). The Hall–Kier alpha value is 0.157. The van der Waals surface area contributed by atoms with Crippen LogP contribution in [0.2, 0.25) is 0 Å². The maximum Gasteiger partial charge on any atom is 1.00 e. The van der Waals surface area contributed by atoms with Crippen LogP contribution in [-0.2, 0) is 37.1 Å². The summed E-state index contributed by atoms with van der Waals surface area (Å²) in [5, 5.41) is 0. The Labute approximate surface area is 114 Å². The fourth-order valence-corrected chi connectivity index (χ4v) is 5.62. The van der Waals surface area contributed by atoms with E-state index in [9.17, 15) is 17.8 Å². The monoisotopic (exact) mass is 307 g/mol. The Morgan fingerprint density at radius 3 is 1.38 bits per heavy atom. The molecule has 1 saturated heterocycles. The summed E-state index contributed by atoms with van der Waals surface area (Å²) in [6.45, 7) is 0. The van der Waals surface area contributed by atoms with E-state index in [1.807, 2.05) is 0 Å². The van der Waals surface area contributed by atoms with E-state index < -0.39 is 52.6 Å². The van der Waals surface area contributed by atoms with Crippen molar-refractivity contribution in [1.82, 2.24) is 0 Å². The molecule has 81 valence electrons.